The Labute approximate surface area is 247 Å². The van der Waals surface area contributed by atoms with Gasteiger partial charge in [0.2, 0.25) is 11.2 Å². The van der Waals surface area contributed by atoms with Crippen LogP contribution < -0.4 is 35.0 Å². The van der Waals surface area contributed by atoms with E-state index in [1.54, 1.807) is 19.2 Å². The van der Waals surface area contributed by atoms with E-state index >= 15 is 0 Å². The maximum atomic E-state index is 13.1. The van der Waals surface area contributed by atoms with E-state index in [1.807, 2.05) is 42.5 Å². The van der Waals surface area contributed by atoms with Crippen molar-refractivity contribution in [2.75, 3.05) is 33.8 Å². The number of nitrogens with one attached hydrogen (secondary N) is 3. The summed E-state index contributed by atoms with van der Waals surface area (Å²) in [6.45, 7) is 0. The quantitative estimate of drug-likeness (QED) is 0.231. The highest BCUT2D eigenvalue weighted by molar-refractivity contribution is 7.80. The molecule has 0 unspecified atom stereocenters. The predicted octanol–water partition coefficient (Wildman–Crippen LogP) is 5.77. The maximum absolute atomic E-state index is 13.1. The molecule has 3 aromatic carbocycles. The van der Waals surface area contributed by atoms with Gasteiger partial charge in [0.25, 0.3) is 0 Å². The van der Waals surface area contributed by atoms with Gasteiger partial charge >= 0.3 is 0 Å². The van der Waals surface area contributed by atoms with Crippen LogP contribution in [0.2, 0.25) is 5.02 Å². The smallest absolute Gasteiger partial charge is 0.220 e. The molecule has 0 fully saturated rings. The minimum atomic E-state index is -0.368. The van der Waals surface area contributed by atoms with Crippen LogP contribution in [0.15, 0.2) is 59.4 Å². The highest BCUT2D eigenvalue weighted by atomic mass is 35.5. The van der Waals surface area contributed by atoms with E-state index in [-0.39, 0.29) is 17.2 Å². The van der Waals surface area contributed by atoms with Gasteiger partial charge in [-0.2, -0.15) is 5.10 Å². The van der Waals surface area contributed by atoms with Gasteiger partial charge in [0.05, 0.1) is 45.2 Å². The number of hydrogen-bond acceptors (Lipinski definition) is 7. The summed E-state index contributed by atoms with van der Waals surface area (Å²) < 4.78 is 22.5. The summed E-state index contributed by atoms with van der Waals surface area (Å²) in [6.07, 6.45) is 1.09. The van der Waals surface area contributed by atoms with Gasteiger partial charge < -0.3 is 29.6 Å². The summed E-state index contributed by atoms with van der Waals surface area (Å²) in [5.74, 6) is 1.96. The molecule has 1 atom stereocenters. The van der Waals surface area contributed by atoms with Crippen LogP contribution >= 0.6 is 23.8 Å². The van der Waals surface area contributed by atoms with Crippen LogP contribution in [0, 0.1) is 0 Å². The monoisotopic (exact) mass is 592 g/mol. The average molecular weight is 593 g/mol. The lowest BCUT2D eigenvalue weighted by Crippen LogP contribution is -2.33. The molecule has 3 N–H and O–H groups in total. The van der Waals surface area contributed by atoms with Crippen LogP contribution in [0.25, 0.3) is 22.4 Å². The molecule has 1 aromatic heterocycles. The summed E-state index contributed by atoms with van der Waals surface area (Å²) in [5.41, 5.74) is 4.54. The molecule has 212 valence electrons. The van der Waals surface area contributed by atoms with E-state index in [0.29, 0.717) is 57.2 Å². The van der Waals surface area contributed by atoms with Crippen molar-refractivity contribution in [2.45, 2.75) is 18.9 Å². The number of methoxy groups -OCH3 is 4. The minimum Gasteiger partial charge on any atom is -0.493 e. The Hall–Kier alpha value is -4.28. The highest BCUT2D eigenvalue weighted by Crippen LogP contribution is 2.54. The van der Waals surface area contributed by atoms with Crippen molar-refractivity contribution in [3.8, 4) is 45.4 Å². The van der Waals surface area contributed by atoms with Crippen LogP contribution in [0.5, 0.6) is 23.0 Å². The topological polar surface area (TPSA) is 107 Å². The first kappa shape index (κ1) is 28.3. The van der Waals surface area contributed by atoms with Crippen LogP contribution in [0.3, 0.4) is 0 Å². The van der Waals surface area contributed by atoms with Crippen molar-refractivity contribution in [1.29, 1.82) is 0 Å². The first-order valence-electron chi connectivity index (χ1n) is 12.8. The number of nitrogens with zero attached hydrogens (tertiary/aromatic N) is 1. The van der Waals surface area contributed by atoms with Crippen molar-refractivity contribution in [2.24, 2.45) is 0 Å². The predicted molar refractivity (Wildman–Crippen MR) is 164 cm³/mol. The lowest BCUT2D eigenvalue weighted by molar-refractivity contribution is 0.325. The molecule has 0 spiro atoms. The molecule has 5 rings (SSSR count). The Morgan fingerprint density at radius 3 is 2.39 bits per heavy atom. The Morgan fingerprint density at radius 2 is 1.71 bits per heavy atom. The van der Waals surface area contributed by atoms with Gasteiger partial charge in [-0.25, -0.2) is 0 Å². The summed E-state index contributed by atoms with van der Waals surface area (Å²) in [4.78, 5) is 13.1. The molecular formula is C30H29ClN4O5S. The number of aromatic amines is 1. The lowest BCUT2D eigenvalue weighted by Gasteiger charge is -2.21. The summed E-state index contributed by atoms with van der Waals surface area (Å²) >= 11 is 12.6. The maximum Gasteiger partial charge on any atom is 0.220 e. The number of anilines is 1. The first-order chi connectivity index (χ1) is 19.9. The second kappa shape index (κ2) is 12.1. The third kappa shape index (κ3) is 5.40. The number of H-pyrrole nitrogens is 1. The molecule has 1 aliphatic rings. The molecule has 9 nitrogen and oxygen atoms in total. The molecule has 41 heavy (non-hydrogen) atoms. The second-order valence-electron chi connectivity index (χ2n) is 9.27. The average Bonchev–Trinajstić information content (AvgIpc) is 3.31. The Balaban J connectivity index is 1.56. The van der Waals surface area contributed by atoms with E-state index in [9.17, 15) is 4.79 Å². The summed E-state index contributed by atoms with van der Waals surface area (Å²) in [7, 11) is 6.07. The van der Waals surface area contributed by atoms with E-state index in [0.717, 1.165) is 22.4 Å². The van der Waals surface area contributed by atoms with Gasteiger partial charge in [-0.15, -0.1) is 0 Å². The van der Waals surface area contributed by atoms with Gasteiger partial charge in [-0.3, -0.25) is 9.89 Å². The number of aromatic nitrogens is 2. The van der Waals surface area contributed by atoms with Gasteiger partial charge in [-0.05, 0) is 59.4 Å². The van der Waals surface area contributed by atoms with Crippen molar-refractivity contribution < 1.29 is 18.9 Å². The van der Waals surface area contributed by atoms with Crippen LogP contribution in [-0.2, 0) is 6.42 Å². The molecule has 0 amide bonds. The van der Waals surface area contributed by atoms with Crippen molar-refractivity contribution in [3.63, 3.8) is 0 Å². The second-order valence-corrected chi connectivity index (χ2v) is 10.1. The molecule has 0 bridgehead atoms. The zero-order chi connectivity index (χ0) is 29.1. The van der Waals surface area contributed by atoms with Crippen molar-refractivity contribution >= 4 is 34.7 Å². The summed E-state index contributed by atoms with van der Waals surface area (Å²) in [6, 6.07) is 16.4. The number of ether oxygens (including phenoxy) is 4. The molecule has 1 heterocycles. The Bertz CT molecular complexity index is 1660. The summed E-state index contributed by atoms with van der Waals surface area (Å²) in [5, 5.41) is 14.7. The fourth-order valence-electron chi connectivity index (χ4n) is 5.15. The van der Waals surface area contributed by atoms with E-state index < -0.39 is 0 Å². The largest absolute Gasteiger partial charge is 0.493 e. The van der Waals surface area contributed by atoms with Gasteiger partial charge in [0.15, 0.2) is 28.2 Å². The van der Waals surface area contributed by atoms with Gasteiger partial charge in [-0.1, -0.05) is 48.0 Å². The van der Waals surface area contributed by atoms with E-state index in [1.165, 1.54) is 21.3 Å². The third-order valence-corrected chi connectivity index (χ3v) is 7.64. The number of rotatable bonds is 7. The molecule has 0 radical (unpaired) electrons. The zero-order valence-electron chi connectivity index (χ0n) is 23.0. The molecule has 0 aliphatic heterocycles. The van der Waals surface area contributed by atoms with Crippen LogP contribution in [-0.4, -0.2) is 43.7 Å². The molecule has 4 aromatic rings. The third-order valence-electron chi connectivity index (χ3n) is 7.02. The fourth-order valence-corrected chi connectivity index (χ4v) is 5.75. The molecule has 1 aliphatic carbocycles. The fraction of sp³-hybridized carbons (Fsp3) is 0.233. The van der Waals surface area contributed by atoms with Gasteiger partial charge in [0, 0.05) is 11.6 Å². The number of halogens is 1. The molecule has 0 saturated carbocycles. The highest BCUT2D eigenvalue weighted by Gasteiger charge is 2.32. The normalized spacial score (nSPS) is 13.7. The Morgan fingerprint density at radius 1 is 0.976 bits per heavy atom. The number of thiocarbonyl (C=S) groups is 1. The Kier molecular flexibility index (Phi) is 8.32. The first-order valence-corrected chi connectivity index (χ1v) is 13.6. The minimum absolute atomic E-state index is 0.203. The number of hydrogen-bond donors (Lipinski definition) is 3. The SMILES string of the molecule is COc1c(Cl)c2c(c(OC)c1OC)-c1ccc(OC)c(=O)cc1[C@@H](NC(=S)Nc1cc(-c3ccccc3)[nH]n1)CC2. The number of fused-ring (bicyclic) bond motifs is 3. The standard InChI is InChI=1S/C30H29ClN4O5S/c1-37-23-13-11-17-19(14-22(23)36)20(12-10-18-25(17)27(38-2)29(40-4)28(39-3)26(18)31)32-30(41)33-24-15-21(34-35-24)16-8-6-5-7-9-16/h5-9,11,13-15,20H,10,12H2,1-4H3,(H3,32,33,34,35,41)/t20-/m0/s1. The van der Waals surface area contributed by atoms with Crippen LogP contribution in [0.4, 0.5) is 5.82 Å². The van der Waals surface area contributed by atoms with Crippen LogP contribution in [0.1, 0.15) is 23.6 Å². The zero-order valence-corrected chi connectivity index (χ0v) is 24.5. The van der Waals surface area contributed by atoms with Crippen molar-refractivity contribution in [1.82, 2.24) is 15.5 Å². The van der Waals surface area contributed by atoms with E-state index in [2.05, 4.69) is 20.8 Å². The molecular weight excluding hydrogens is 564 g/mol. The van der Waals surface area contributed by atoms with Gasteiger partial charge in [0.1, 0.15) is 0 Å². The number of benzene rings is 2. The molecule has 11 heteroatoms. The van der Waals surface area contributed by atoms with Crippen molar-refractivity contribution in [3.05, 3.63) is 81.0 Å². The van der Waals surface area contributed by atoms with E-state index in [4.69, 9.17) is 42.8 Å². The molecule has 0 saturated heterocycles. The lowest BCUT2D eigenvalue weighted by atomic mass is 9.95.